The fourth-order valence-electron chi connectivity index (χ4n) is 3.23. The Kier molecular flexibility index (Phi) is 3.47. The average Bonchev–Trinajstić information content (AvgIpc) is 2.15. The van der Waals surface area contributed by atoms with E-state index in [1.54, 1.807) is 0 Å². The van der Waals surface area contributed by atoms with E-state index in [0.717, 1.165) is 24.0 Å². The second-order valence-corrected chi connectivity index (χ2v) is 8.17. The van der Waals surface area contributed by atoms with Crippen molar-refractivity contribution in [3.8, 4) is 0 Å². The van der Waals surface area contributed by atoms with Gasteiger partial charge in [-0.05, 0) is 44.9 Å². The molecule has 1 N–H and O–H groups in total. The molecule has 0 amide bonds. The summed E-state index contributed by atoms with van der Waals surface area (Å²) >= 11 is 0. The highest BCUT2D eigenvalue weighted by Crippen LogP contribution is 2.36. The van der Waals surface area contributed by atoms with Gasteiger partial charge in [0.2, 0.25) is 0 Å². The van der Waals surface area contributed by atoms with E-state index in [-0.39, 0.29) is 5.54 Å². The Bertz CT molecular complexity index is 288. The molecule has 94 valence electrons. The van der Waals surface area contributed by atoms with Gasteiger partial charge in [0, 0.05) is 28.1 Å². The van der Waals surface area contributed by atoms with Crippen LogP contribution in [0, 0.1) is 11.8 Å². The van der Waals surface area contributed by atoms with E-state index >= 15 is 0 Å². The molecule has 16 heavy (non-hydrogen) atoms. The Morgan fingerprint density at radius 3 is 2.62 bits per heavy atom. The van der Waals surface area contributed by atoms with Gasteiger partial charge in [-0.2, -0.15) is 0 Å². The van der Waals surface area contributed by atoms with Crippen LogP contribution in [0.4, 0.5) is 0 Å². The van der Waals surface area contributed by atoms with Crippen molar-refractivity contribution in [3.63, 3.8) is 0 Å². The van der Waals surface area contributed by atoms with Crippen LogP contribution < -0.4 is 5.32 Å². The molecule has 3 heteroatoms. The van der Waals surface area contributed by atoms with E-state index in [9.17, 15) is 4.21 Å². The van der Waals surface area contributed by atoms with Gasteiger partial charge in [0.05, 0.1) is 5.25 Å². The number of fused-ring (bicyclic) bond motifs is 1. The summed E-state index contributed by atoms with van der Waals surface area (Å²) in [7, 11) is -0.626. The van der Waals surface area contributed by atoms with Crippen LogP contribution in [0.15, 0.2) is 0 Å². The van der Waals surface area contributed by atoms with Crippen molar-refractivity contribution < 1.29 is 4.21 Å². The van der Waals surface area contributed by atoms with Gasteiger partial charge in [-0.15, -0.1) is 0 Å². The molecule has 2 aliphatic rings. The van der Waals surface area contributed by atoms with Crippen LogP contribution in [-0.2, 0) is 10.8 Å². The SMILES string of the molecule is CC(C)C1CCC2NC(C)(C)CS(=O)C2C1. The Labute approximate surface area is 102 Å². The van der Waals surface area contributed by atoms with Gasteiger partial charge in [0.1, 0.15) is 0 Å². The van der Waals surface area contributed by atoms with Crippen molar-refractivity contribution in [2.75, 3.05) is 5.75 Å². The highest BCUT2D eigenvalue weighted by Gasteiger charge is 2.42. The third-order valence-corrected chi connectivity index (χ3v) is 6.39. The van der Waals surface area contributed by atoms with Crippen LogP contribution in [-0.4, -0.2) is 26.8 Å². The maximum atomic E-state index is 12.3. The predicted octanol–water partition coefficient (Wildman–Crippen LogP) is 2.31. The second-order valence-electron chi connectivity index (χ2n) is 6.52. The van der Waals surface area contributed by atoms with Crippen molar-refractivity contribution in [1.29, 1.82) is 0 Å². The third kappa shape index (κ3) is 2.51. The van der Waals surface area contributed by atoms with E-state index < -0.39 is 10.8 Å². The molecule has 0 radical (unpaired) electrons. The molecule has 1 heterocycles. The van der Waals surface area contributed by atoms with E-state index in [4.69, 9.17) is 0 Å². The normalized spacial score (nSPS) is 43.1. The molecular weight excluding hydrogens is 218 g/mol. The minimum atomic E-state index is -0.626. The molecule has 1 aliphatic carbocycles. The van der Waals surface area contributed by atoms with Crippen molar-refractivity contribution in [2.24, 2.45) is 11.8 Å². The molecule has 1 aliphatic heterocycles. The first-order valence-corrected chi connectivity index (χ1v) is 7.92. The summed E-state index contributed by atoms with van der Waals surface area (Å²) in [5.41, 5.74) is 0.0662. The summed E-state index contributed by atoms with van der Waals surface area (Å²) in [5.74, 6) is 2.35. The molecule has 0 bridgehead atoms. The molecule has 0 aromatic heterocycles. The van der Waals surface area contributed by atoms with Crippen LogP contribution in [0.2, 0.25) is 0 Å². The number of nitrogens with one attached hydrogen (secondary N) is 1. The lowest BCUT2D eigenvalue weighted by atomic mass is 9.78. The molecule has 0 aromatic rings. The third-order valence-electron chi connectivity index (χ3n) is 4.19. The largest absolute Gasteiger partial charge is 0.307 e. The minimum absolute atomic E-state index is 0.0662. The second kappa shape index (κ2) is 4.41. The molecule has 0 aromatic carbocycles. The van der Waals surface area contributed by atoms with Crippen molar-refractivity contribution in [2.45, 2.75) is 63.8 Å². The Morgan fingerprint density at radius 1 is 1.31 bits per heavy atom. The molecule has 0 spiro atoms. The topological polar surface area (TPSA) is 29.1 Å². The van der Waals surface area contributed by atoms with Crippen LogP contribution in [0.3, 0.4) is 0 Å². The summed E-state index contributed by atoms with van der Waals surface area (Å²) in [6.45, 7) is 8.95. The van der Waals surface area contributed by atoms with Gasteiger partial charge in [-0.3, -0.25) is 4.21 Å². The summed E-state index contributed by atoms with van der Waals surface area (Å²) < 4.78 is 12.3. The Morgan fingerprint density at radius 2 is 2.00 bits per heavy atom. The van der Waals surface area contributed by atoms with Crippen molar-refractivity contribution >= 4 is 10.8 Å². The number of hydrogen-bond acceptors (Lipinski definition) is 2. The monoisotopic (exact) mass is 243 g/mol. The molecular formula is C13H25NOS. The lowest BCUT2D eigenvalue weighted by Crippen LogP contribution is -2.62. The minimum Gasteiger partial charge on any atom is -0.307 e. The zero-order valence-corrected chi connectivity index (χ0v) is 11.8. The summed E-state index contributed by atoms with van der Waals surface area (Å²) in [5, 5.41) is 4.10. The van der Waals surface area contributed by atoms with Crippen LogP contribution >= 0.6 is 0 Å². The van der Waals surface area contributed by atoms with E-state index in [0.29, 0.717) is 11.3 Å². The quantitative estimate of drug-likeness (QED) is 0.766. The highest BCUT2D eigenvalue weighted by molar-refractivity contribution is 7.85. The maximum absolute atomic E-state index is 12.3. The first kappa shape index (κ1) is 12.6. The zero-order valence-electron chi connectivity index (χ0n) is 11.0. The number of rotatable bonds is 1. The van der Waals surface area contributed by atoms with Gasteiger partial charge in [-0.25, -0.2) is 0 Å². The molecule has 1 saturated carbocycles. The predicted molar refractivity (Wildman–Crippen MR) is 70.0 cm³/mol. The fourth-order valence-corrected chi connectivity index (χ4v) is 5.27. The van der Waals surface area contributed by atoms with Crippen LogP contribution in [0.5, 0.6) is 0 Å². The number of hydrogen-bond donors (Lipinski definition) is 1. The summed E-state index contributed by atoms with van der Waals surface area (Å²) in [6.07, 6.45) is 3.68. The van der Waals surface area contributed by atoms with E-state index in [1.165, 1.54) is 12.8 Å². The van der Waals surface area contributed by atoms with Gasteiger partial charge >= 0.3 is 0 Å². The first-order chi connectivity index (χ1) is 7.39. The highest BCUT2D eigenvalue weighted by atomic mass is 32.2. The molecule has 1 saturated heterocycles. The van der Waals surface area contributed by atoms with Crippen LogP contribution in [0.1, 0.15) is 47.0 Å². The Hall–Kier alpha value is 0.110. The Balaban J connectivity index is 2.07. The standard InChI is InChI=1S/C13H25NOS/c1-9(2)10-5-6-11-12(7-10)16(15)8-13(3,4)14-11/h9-12,14H,5-8H2,1-4H3. The zero-order chi connectivity index (χ0) is 11.9. The van der Waals surface area contributed by atoms with Crippen LogP contribution in [0.25, 0.3) is 0 Å². The van der Waals surface area contributed by atoms with Gasteiger partial charge in [-0.1, -0.05) is 13.8 Å². The molecule has 2 fully saturated rings. The van der Waals surface area contributed by atoms with Gasteiger partial charge in [0.25, 0.3) is 0 Å². The van der Waals surface area contributed by atoms with Crippen molar-refractivity contribution in [1.82, 2.24) is 5.32 Å². The molecule has 2 nitrogen and oxygen atoms in total. The van der Waals surface area contributed by atoms with Crippen molar-refractivity contribution in [3.05, 3.63) is 0 Å². The first-order valence-electron chi connectivity index (χ1n) is 6.54. The summed E-state index contributed by atoms with van der Waals surface area (Å²) in [4.78, 5) is 0. The maximum Gasteiger partial charge on any atom is 0.0504 e. The van der Waals surface area contributed by atoms with E-state index in [2.05, 4.69) is 33.0 Å². The lowest BCUT2D eigenvalue weighted by Gasteiger charge is -2.46. The average molecular weight is 243 g/mol. The van der Waals surface area contributed by atoms with E-state index in [1.807, 2.05) is 0 Å². The molecule has 2 rings (SSSR count). The van der Waals surface area contributed by atoms with Gasteiger partial charge in [0.15, 0.2) is 0 Å². The lowest BCUT2D eigenvalue weighted by molar-refractivity contribution is 0.210. The van der Waals surface area contributed by atoms with Gasteiger partial charge < -0.3 is 5.32 Å². The summed E-state index contributed by atoms with van der Waals surface area (Å²) in [6, 6.07) is 0.500. The smallest absolute Gasteiger partial charge is 0.0504 e. The fraction of sp³-hybridized carbons (Fsp3) is 1.00. The molecule has 4 atom stereocenters. The molecule has 4 unspecified atom stereocenters.